The van der Waals surface area contributed by atoms with Gasteiger partial charge in [0, 0.05) is 16.5 Å². The topological polar surface area (TPSA) is 72.4 Å². The second-order valence-electron chi connectivity index (χ2n) is 8.56. The average Bonchev–Trinajstić information content (AvgIpc) is 3.48. The number of nitrogens with zero attached hydrogens (tertiary/aromatic N) is 2. The molecule has 3 aliphatic rings. The molecule has 3 heterocycles. The normalized spacial score (nSPS) is 23.1. The minimum Gasteiger partial charge on any atom is -0.497 e. The first kappa shape index (κ1) is 23.0. The Bertz CT molecular complexity index is 1410. The zero-order chi connectivity index (χ0) is 24.9. The number of halogens is 1. The molecule has 0 unspecified atom stereocenters. The van der Waals surface area contributed by atoms with E-state index in [4.69, 9.17) is 19.3 Å². The van der Waals surface area contributed by atoms with Gasteiger partial charge in [-0.3, -0.25) is 10.1 Å². The van der Waals surface area contributed by atoms with Crippen molar-refractivity contribution in [2.24, 2.45) is 5.10 Å². The fraction of sp³-hybridized carbons (Fsp3) is 0.185. The molecule has 1 N–H and O–H groups in total. The molecule has 2 atom stereocenters. The van der Waals surface area contributed by atoms with Gasteiger partial charge in [0.15, 0.2) is 0 Å². The van der Waals surface area contributed by atoms with Crippen molar-refractivity contribution in [2.75, 3.05) is 14.2 Å². The molecule has 6 rings (SSSR count). The number of hydrogen-bond donors (Lipinski definition) is 1. The Labute approximate surface area is 221 Å². The maximum absolute atomic E-state index is 12.8. The quantitative estimate of drug-likeness (QED) is 0.409. The van der Waals surface area contributed by atoms with E-state index < -0.39 is 5.85 Å². The molecule has 182 valence electrons. The van der Waals surface area contributed by atoms with Gasteiger partial charge in [0.25, 0.3) is 5.24 Å². The number of hydrazone groups is 1. The van der Waals surface area contributed by atoms with Crippen LogP contribution in [0.1, 0.15) is 29.2 Å². The molecule has 3 aliphatic heterocycles. The molecule has 1 amide bonds. The van der Waals surface area contributed by atoms with Crippen LogP contribution in [0.15, 0.2) is 81.2 Å². The SMILES string of the molecule is COc1ccc(/C=C2\SC(=O)N[C@]23Oc2ccc(Br)cc2[C@@H]2CC(c4ccc(OC)cc4)=NN23)cc1. The zero-order valence-corrected chi connectivity index (χ0v) is 21.9. The monoisotopic (exact) mass is 563 g/mol. The van der Waals surface area contributed by atoms with Crippen molar-refractivity contribution in [2.45, 2.75) is 18.3 Å². The Balaban J connectivity index is 1.47. The van der Waals surface area contributed by atoms with E-state index in [-0.39, 0.29) is 11.3 Å². The summed E-state index contributed by atoms with van der Waals surface area (Å²) in [5.74, 6) is 1.02. The van der Waals surface area contributed by atoms with E-state index in [0.717, 1.165) is 55.0 Å². The van der Waals surface area contributed by atoms with Crippen molar-refractivity contribution in [1.82, 2.24) is 10.3 Å². The number of rotatable bonds is 4. The summed E-state index contributed by atoms with van der Waals surface area (Å²) in [5, 5.41) is 9.81. The molecule has 36 heavy (non-hydrogen) atoms. The van der Waals surface area contributed by atoms with Crippen LogP contribution >= 0.6 is 27.7 Å². The van der Waals surface area contributed by atoms with Crippen LogP contribution in [-0.4, -0.2) is 36.0 Å². The third-order valence-electron chi connectivity index (χ3n) is 6.47. The van der Waals surface area contributed by atoms with E-state index in [1.165, 1.54) is 0 Å². The van der Waals surface area contributed by atoms with Crippen molar-refractivity contribution in [3.05, 3.63) is 92.8 Å². The molecule has 1 spiro atoms. The molecule has 1 fully saturated rings. The van der Waals surface area contributed by atoms with Crippen LogP contribution in [0, 0.1) is 0 Å². The Morgan fingerprint density at radius 3 is 2.47 bits per heavy atom. The number of nitrogens with one attached hydrogen (secondary N) is 1. The summed E-state index contributed by atoms with van der Waals surface area (Å²) in [5.41, 5.74) is 3.84. The molecular weight excluding hydrogens is 542 g/mol. The minimum atomic E-state index is -1.25. The van der Waals surface area contributed by atoms with Crippen molar-refractivity contribution < 1.29 is 19.0 Å². The highest BCUT2D eigenvalue weighted by molar-refractivity contribution is 9.10. The number of methoxy groups -OCH3 is 2. The first-order chi connectivity index (χ1) is 17.5. The van der Waals surface area contributed by atoms with Crippen molar-refractivity contribution >= 4 is 44.7 Å². The molecule has 0 radical (unpaired) electrons. The van der Waals surface area contributed by atoms with E-state index in [1.54, 1.807) is 14.2 Å². The Morgan fingerprint density at radius 2 is 1.78 bits per heavy atom. The van der Waals surface area contributed by atoms with Gasteiger partial charge in [-0.15, -0.1) is 0 Å². The smallest absolute Gasteiger partial charge is 0.314 e. The molecule has 1 saturated heterocycles. The number of fused-ring (bicyclic) bond motifs is 4. The highest BCUT2D eigenvalue weighted by Crippen LogP contribution is 2.53. The third kappa shape index (κ3) is 3.83. The van der Waals surface area contributed by atoms with E-state index >= 15 is 0 Å². The van der Waals surface area contributed by atoms with Crippen LogP contribution in [0.5, 0.6) is 17.2 Å². The number of ether oxygens (including phenoxy) is 3. The Kier molecular flexibility index (Phi) is 5.69. The third-order valence-corrected chi connectivity index (χ3v) is 7.86. The first-order valence-corrected chi connectivity index (χ1v) is 13.0. The predicted molar refractivity (Wildman–Crippen MR) is 143 cm³/mol. The fourth-order valence-corrected chi connectivity index (χ4v) is 5.99. The van der Waals surface area contributed by atoms with Crippen LogP contribution in [-0.2, 0) is 0 Å². The molecule has 0 aromatic heterocycles. The van der Waals surface area contributed by atoms with Gasteiger partial charge >= 0.3 is 5.85 Å². The van der Waals surface area contributed by atoms with Crippen LogP contribution in [0.3, 0.4) is 0 Å². The lowest BCUT2D eigenvalue weighted by Gasteiger charge is -2.45. The van der Waals surface area contributed by atoms with Crippen LogP contribution < -0.4 is 19.5 Å². The van der Waals surface area contributed by atoms with Crippen LogP contribution in [0.2, 0.25) is 0 Å². The molecule has 7 nitrogen and oxygen atoms in total. The molecule has 3 aromatic rings. The molecule has 3 aromatic carbocycles. The highest BCUT2D eigenvalue weighted by atomic mass is 79.9. The summed E-state index contributed by atoms with van der Waals surface area (Å²) in [7, 11) is 3.28. The summed E-state index contributed by atoms with van der Waals surface area (Å²) in [6.07, 6.45) is 2.63. The van der Waals surface area contributed by atoms with Gasteiger partial charge in [-0.05, 0) is 83.6 Å². The van der Waals surface area contributed by atoms with Crippen molar-refractivity contribution in [1.29, 1.82) is 0 Å². The fourth-order valence-electron chi connectivity index (χ4n) is 4.70. The number of hydrogen-bond acceptors (Lipinski definition) is 7. The summed E-state index contributed by atoms with van der Waals surface area (Å²) in [6, 6.07) is 21.3. The van der Waals surface area contributed by atoms with E-state index in [9.17, 15) is 4.79 Å². The van der Waals surface area contributed by atoms with Crippen LogP contribution in [0.4, 0.5) is 4.79 Å². The molecular formula is C27H22BrN3O4S. The van der Waals surface area contributed by atoms with Crippen molar-refractivity contribution in [3.8, 4) is 17.2 Å². The van der Waals surface area contributed by atoms with Crippen LogP contribution in [0.25, 0.3) is 6.08 Å². The molecule has 9 heteroatoms. The molecule has 0 aliphatic carbocycles. The van der Waals surface area contributed by atoms with E-state index in [1.807, 2.05) is 71.7 Å². The summed E-state index contributed by atoms with van der Waals surface area (Å²) in [4.78, 5) is 13.5. The lowest BCUT2D eigenvalue weighted by Crippen LogP contribution is -2.61. The van der Waals surface area contributed by atoms with Gasteiger partial charge in [0.05, 0.1) is 30.9 Å². The summed E-state index contributed by atoms with van der Waals surface area (Å²) < 4.78 is 18.2. The number of benzene rings is 3. The standard InChI is InChI=1S/C27H22BrN3O4S/c1-33-19-8-3-16(4-9-19)13-25-27(29-26(32)36-25)31-23(21-14-18(28)7-12-24(21)35-27)15-22(30-31)17-5-10-20(34-2)11-6-17/h3-14,23H,15H2,1-2H3,(H,29,32)/b25-13-/t23-,27+/m0/s1. The lowest BCUT2D eigenvalue weighted by atomic mass is 9.95. The highest BCUT2D eigenvalue weighted by Gasteiger charge is 2.58. The zero-order valence-electron chi connectivity index (χ0n) is 19.5. The second-order valence-corrected chi connectivity index (χ2v) is 10.5. The van der Waals surface area contributed by atoms with Gasteiger partial charge in [-0.1, -0.05) is 28.1 Å². The van der Waals surface area contributed by atoms with Gasteiger partial charge < -0.3 is 14.2 Å². The molecule has 0 bridgehead atoms. The van der Waals surface area contributed by atoms with E-state index in [2.05, 4.69) is 27.3 Å². The van der Waals surface area contributed by atoms with Gasteiger partial charge in [-0.25, -0.2) is 5.01 Å². The number of thioether (sulfide) groups is 1. The number of carbonyl (C=O) groups is 1. The van der Waals surface area contributed by atoms with Crippen molar-refractivity contribution in [3.63, 3.8) is 0 Å². The minimum absolute atomic E-state index is 0.124. The van der Waals surface area contributed by atoms with Gasteiger partial charge in [-0.2, -0.15) is 5.10 Å². The largest absolute Gasteiger partial charge is 0.497 e. The summed E-state index contributed by atoms with van der Waals surface area (Å²) >= 11 is 4.72. The maximum atomic E-state index is 12.8. The molecule has 0 saturated carbocycles. The number of carbonyl (C=O) groups excluding carboxylic acids is 1. The van der Waals surface area contributed by atoms with E-state index in [0.29, 0.717) is 12.2 Å². The summed E-state index contributed by atoms with van der Waals surface area (Å²) in [6.45, 7) is 0. The lowest BCUT2D eigenvalue weighted by molar-refractivity contribution is -0.0949. The maximum Gasteiger partial charge on any atom is 0.314 e. The van der Waals surface area contributed by atoms with Gasteiger partial charge in [0.2, 0.25) is 0 Å². The average molecular weight is 564 g/mol. The predicted octanol–water partition coefficient (Wildman–Crippen LogP) is 6.16. The Morgan fingerprint density at radius 1 is 1.08 bits per heavy atom. The Hall–Kier alpha value is -3.43. The van der Waals surface area contributed by atoms with Gasteiger partial charge in [0.1, 0.15) is 17.2 Å². The number of amides is 1. The second kappa shape index (κ2) is 8.90. The first-order valence-electron chi connectivity index (χ1n) is 11.3.